The van der Waals surface area contributed by atoms with Crippen LogP contribution in [-0.2, 0) is 6.54 Å². The third-order valence-electron chi connectivity index (χ3n) is 4.40. The second kappa shape index (κ2) is 7.34. The van der Waals surface area contributed by atoms with Crippen LogP contribution in [0.2, 0.25) is 0 Å². The van der Waals surface area contributed by atoms with Crippen molar-refractivity contribution in [2.45, 2.75) is 20.4 Å². The minimum absolute atomic E-state index is 0.173. The molecule has 0 atom stereocenters. The second-order valence-corrected chi connectivity index (χ2v) is 6.36. The number of rotatable bonds is 5. The number of nitrogens with zero attached hydrogens (tertiary/aromatic N) is 2. The van der Waals surface area contributed by atoms with Crippen LogP contribution in [0.25, 0.3) is 10.9 Å². The van der Waals surface area contributed by atoms with Crippen molar-refractivity contribution >= 4 is 22.6 Å². The fraction of sp³-hybridized carbons (Fsp3) is 0.190. The van der Waals surface area contributed by atoms with E-state index in [1.807, 2.05) is 24.0 Å². The standard InChI is InChI=1S/C21H19N3O3/c1-4-9-24(17-7-5-15(6-8-17)21(26)27)12-16-11-18-19(10-13(16)2)22-14(3)23-20(18)25/h1,5-8,10-11H,9,12H2,2-3H3,(H,26,27)(H,22,23,25). The maximum absolute atomic E-state index is 12.2. The first-order valence-electron chi connectivity index (χ1n) is 8.41. The fourth-order valence-electron chi connectivity index (χ4n) is 2.99. The van der Waals surface area contributed by atoms with Crippen molar-refractivity contribution in [2.75, 3.05) is 11.4 Å². The maximum Gasteiger partial charge on any atom is 0.335 e. The van der Waals surface area contributed by atoms with Gasteiger partial charge in [-0.3, -0.25) is 4.79 Å². The molecule has 0 saturated heterocycles. The smallest absolute Gasteiger partial charge is 0.335 e. The van der Waals surface area contributed by atoms with E-state index < -0.39 is 5.97 Å². The average molecular weight is 361 g/mol. The molecule has 0 aliphatic carbocycles. The molecule has 1 heterocycles. The lowest BCUT2D eigenvalue weighted by atomic mass is 10.0. The minimum Gasteiger partial charge on any atom is -0.478 e. The molecule has 0 unspecified atom stereocenters. The summed E-state index contributed by atoms with van der Waals surface area (Å²) in [4.78, 5) is 32.3. The minimum atomic E-state index is -0.975. The van der Waals surface area contributed by atoms with Crippen molar-refractivity contribution in [1.29, 1.82) is 0 Å². The van der Waals surface area contributed by atoms with Crippen LogP contribution >= 0.6 is 0 Å². The Kier molecular flexibility index (Phi) is 4.95. The van der Waals surface area contributed by atoms with Gasteiger partial charge < -0.3 is 15.0 Å². The number of benzene rings is 2. The number of aromatic amines is 1. The van der Waals surface area contributed by atoms with Crippen LogP contribution in [-0.4, -0.2) is 27.6 Å². The summed E-state index contributed by atoms with van der Waals surface area (Å²) in [6.07, 6.45) is 5.52. The van der Waals surface area contributed by atoms with E-state index in [1.165, 1.54) is 0 Å². The van der Waals surface area contributed by atoms with Gasteiger partial charge in [0.15, 0.2) is 0 Å². The average Bonchev–Trinajstić information content (AvgIpc) is 2.62. The van der Waals surface area contributed by atoms with Crippen LogP contribution in [0, 0.1) is 26.2 Å². The molecular weight excluding hydrogens is 342 g/mol. The molecular formula is C21H19N3O3. The Morgan fingerprint density at radius 3 is 2.59 bits per heavy atom. The Labute approximate surface area is 156 Å². The number of carboxylic acids is 1. The monoisotopic (exact) mass is 361 g/mol. The summed E-state index contributed by atoms with van der Waals surface area (Å²) < 4.78 is 0. The van der Waals surface area contributed by atoms with Crippen LogP contribution < -0.4 is 10.5 Å². The molecule has 0 saturated carbocycles. The number of aryl methyl sites for hydroxylation is 2. The molecule has 2 aromatic carbocycles. The van der Waals surface area contributed by atoms with Gasteiger partial charge in [-0.05, 0) is 61.4 Å². The highest BCUT2D eigenvalue weighted by atomic mass is 16.4. The van der Waals surface area contributed by atoms with E-state index in [0.717, 1.165) is 16.8 Å². The van der Waals surface area contributed by atoms with E-state index in [9.17, 15) is 9.59 Å². The molecule has 2 N–H and O–H groups in total. The first-order chi connectivity index (χ1) is 12.9. The Hall–Kier alpha value is -3.59. The summed E-state index contributed by atoms with van der Waals surface area (Å²) in [5.74, 6) is 2.23. The van der Waals surface area contributed by atoms with Crippen LogP contribution in [0.4, 0.5) is 5.69 Å². The number of H-pyrrole nitrogens is 1. The predicted octanol–water partition coefficient (Wildman–Crippen LogP) is 2.88. The van der Waals surface area contributed by atoms with Gasteiger partial charge in [-0.1, -0.05) is 5.92 Å². The third-order valence-corrected chi connectivity index (χ3v) is 4.40. The van der Waals surface area contributed by atoms with Crippen molar-refractivity contribution in [3.05, 3.63) is 69.3 Å². The van der Waals surface area contributed by atoms with E-state index in [1.54, 1.807) is 31.2 Å². The highest BCUT2D eigenvalue weighted by Gasteiger charge is 2.12. The van der Waals surface area contributed by atoms with Crippen molar-refractivity contribution in [2.24, 2.45) is 0 Å². The van der Waals surface area contributed by atoms with Gasteiger partial charge >= 0.3 is 5.97 Å². The van der Waals surface area contributed by atoms with Crippen LogP contribution in [0.3, 0.4) is 0 Å². The molecule has 0 aliphatic heterocycles. The topological polar surface area (TPSA) is 86.3 Å². The molecule has 6 heteroatoms. The Morgan fingerprint density at radius 2 is 1.96 bits per heavy atom. The first-order valence-corrected chi connectivity index (χ1v) is 8.41. The number of aromatic carboxylic acids is 1. The third kappa shape index (κ3) is 3.82. The van der Waals surface area contributed by atoms with E-state index in [2.05, 4.69) is 15.9 Å². The second-order valence-electron chi connectivity index (χ2n) is 6.36. The number of carboxylic acid groups (broad SMARTS) is 1. The molecule has 3 rings (SSSR count). The predicted molar refractivity (Wildman–Crippen MR) is 105 cm³/mol. The number of aromatic nitrogens is 2. The Morgan fingerprint density at radius 1 is 1.26 bits per heavy atom. The molecule has 27 heavy (non-hydrogen) atoms. The number of anilines is 1. The summed E-state index contributed by atoms with van der Waals surface area (Å²) in [7, 11) is 0. The lowest BCUT2D eigenvalue weighted by Crippen LogP contribution is -2.23. The van der Waals surface area contributed by atoms with Gasteiger partial charge in [0.25, 0.3) is 5.56 Å². The van der Waals surface area contributed by atoms with Crippen molar-refractivity contribution < 1.29 is 9.90 Å². The first kappa shape index (κ1) is 18.2. The molecule has 0 amide bonds. The largest absolute Gasteiger partial charge is 0.478 e. The van der Waals surface area contributed by atoms with Gasteiger partial charge in [0.05, 0.1) is 23.0 Å². The molecule has 0 aliphatic rings. The summed E-state index contributed by atoms with van der Waals surface area (Å²) in [6.45, 7) is 4.56. The van der Waals surface area contributed by atoms with E-state index >= 15 is 0 Å². The molecule has 0 radical (unpaired) electrons. The summed E-state index contributed by atoms with van der Waals surface area (Å²) >= 11 is 0. The summed E-state index contributed by atoms with van der Waals surface area (Å²) in [5.41, 5.74) is 3.47. The van der Waals surface area contributed by atoms with E-state index in [0.29, 0.717) is 29.8 Å². The van der Waals surface area contributed by atoms with E-state index in [4.69, 9.17) is 11.5 Å². The number of fused-ring (bicyclic) bond motifs is 1. The Balaban J connectivity index is 1.99. The zero-order valence-corrected chi connectivity index (χ0v) is 15.1. The summed E-state index contributed by atoms with van der Waals surface area (Å²) in [6, 6.07) is 10.3. The number of terminal acetylenes is 1. The maximum atomic E-state index is 12.2. The van der Waals surface area contributed by atoms with Crippen LogP contribution in [0.1, 0.15) is 27.3 Å². The van der Waals surface area contributed by atoms with Crippen LogP contribution in [0.15, 0.2) is 41.2 Å². The highest BCUT2D eigenvalue weighted by molar-refractivity contribution is 5.88. The van der Waals surface area contributed by atoms with Gasteiger partial charge in [-0.15, -0.1) is 6.42 Å². The summed E-state index contributed by atoms with van der Waals surface area (Å²) in [5, 5.41) is 9.58. The van der Waals surface area contributed by atoms with Crippen molar-refractivity contribution in [3.63, 3.8) is 0 Å². The number of hydrogen-bond acceptors (Lipinski definition) is 4. The lowest BCUT2D eigenvalue weighted by molar-refractivity contribution is 0.0697. The molecule has 0 spiro atoms. The van der Waals surface area contributed by atoms with E-state index in [-0.39, 0.29) is 11.1 Å². The van der Waals surface area contributed by atoms with Gasteiger partial charge in [-0.25, -0.2) is 9.78 Å². The zero-order valence-electron chi connectivity index (χ0n) is 15.1. The SMILES string of the molecule is C#CCN(Cc1cc2c(=O)[nH]c(C)nc2cc1C)c1ccc(C(=O)O)cc1. The van der Waals surface area contributed by atoms with Gasteiger partial charge in [0.2, 0.25) is 0 Å². The van der Waals surface area contributed by atoms with Crippen molar-refractivity contribution in [1.82, 2.24) is 9.97 Å². The number of nitrogens with one attached hydrogen (secondary N) is 1. The van der Waals surface area contributed by atoms with Gasteiger partial charge in [0, 0.05) is 12.2 Å². The zero-order chi connectivity index (χ0) is 19.6. The normalized spacial score (nSPS) is 10.6. The number of carbonyl (C=O) groups is 1. The molecule has 3 aromatic rings. The molecule has 0 bridgehead atoms. The molecule has 6 nitrogen and oxygen atoms in total. The van der Waals surface area contributed by atoms with Crippen molar-refractivity contribution in [3.8, 4) is 12.3 Å². The van der Waals surface area contributed by atoms with Crippen LogP contribution in [0.5, 0.6) is 0 Å². The van der Waals surface area contributed by atoms with Gasteiger partial charge in [-0.2, -0.15) is 0 Å². The lowest BCUT2D eigenvalue weighted by Gasteiger charge is -2.24. The molecule has 136 valence electrons. The Bertz CT molecular complexity index is 1110. The van der Waals surface area contributed by atoms with Gasteiger partial charge in [0.1, 0.15) is 5.82 Å². The quantitative estimate of drug-likeness (QED) is 0.683. The molecule has 1 aromatic heterocycles. The number of hydrogen-bond donors (Lipinski definition) is 2. The molecule has 0 fully saturated rings. The fourth-order valence-corrected chi connectivity index (χ4v) is 2.99. The highest BCUT2D eigenvalue weighted by Crippen LogP contribution is 2.22.